The minimum Gasteiger partial charge on any atom is -0.383 e. The largest absolute Gasteiger partial charge is 0.383 e. The number of benzene rings is 1. The molecule has 0 saturated heterocycles. The van der Waals surface area contributed by atoms with Crippen LogP contribution in [0.4, 0.5) is 0 Å². The van der Waals surface area contributed by atoms with Crippen molar-refractivity contribution in [2.75, 3.05) is 13.7 Å². The lowest BCUT2D eigenvalue weighted by Gasteiger charge is -2.19. The van der Waals surface area contributed by atoms with Crippen LogP contribution in [0.5, 0.6) is 0 Å². The summed E-state index contributed by atoms with van der Waals surface area (Å²) in [6, 6.07) is 16.0. The van der Waals surface area contributed by atoms with Crippen LogP contribution in [0.3, 0.4) is 0 Å². The first-order chi connectivity index (χ1) is 15.0. The zero-order chi connectivity index (χ0) is 22.0. The Bertz CT molecular complexity index is 1230. The first-order valence-electron chi connectivity index (χ1n) is 10.3. The molecule has 0 bridgehead atoms. The Hall–Kier alpha value is -2.96. The molecule has 3 aromatic heterocycles. The molecule has 0 amide bonds. The van der Waals surface area contributed by atoms with Crippen LogP contribution in [0.2, 0.25) is 5.15 Å². The van der Waals surface area contributed by atoms with Crippen molar-refractivity contribution in [1.29, 1.82) is 5.41 Å². The average Bonchev–Trinajstić information content (AvgIpc) is 3.06. The summed E-state index contributed by atoms with van der Waals surface area (Å²) in [6.07, 6.45) is 4.28. The molecule has 0 aliphatic heterocycles. The van der Waals surface area contributed by atoms with E-state index in [1.807, 2.05) is 27.3 Å². The van der Waals surface area contributed by atoms with Gasteiger partial charge in [-0.05, 0) is 49.6 Å². The Kier molecular flexibility index (Phi) is 6.20. The van der Waals surface area contributed by atoms with Gasteiger partial charge in [-0.3, -0.25) is 9.98 Å². The molecule has 2 atom stereocenters. The number of halogens is 1. The summed E-state index contributed by atoms with van der Waals surface area (Å²) in [7, 11) is 1.70. The smallest absolute Gasteiger partial charge is 0.205 e. The number of imidazole rings is 1. The second kappa shape index (κ2) is 9.04. The molecule has 1 aromatic carbocycles. The molecule has 3 heterocycles. The maximum atomic E-state index is 9.09. The number of ether oxygens (including phenoxy) is 1. The van der Waals surface area contributed by atoms with Gasteiger partial charge in [0, 0.05) is 19.5 Å². The molecule has 0 aliphatic rings. The Morgan fingerprint density at radius 3 is 2.52 bits per heavy atom. The van der Waals surface area contributed by atoms with Crippen LogP contribution < -0.4 is 5.62 Å². The number of rotatable bonds is 7. The molecular formula is C24H26ClN5O. The van der Waals surface area contributed by atoms with E-state index in [0.29, 0.717) is 17.4 Å². The van der Waals surface area contributed by atoms with Crippen LogP contribution in [-0.2, 0) is 11.2 Å². The Balaban J connectivity index is 1.83. The van der Waals surface area contributed by atoms with Crippen molar-refractivity contribution < 1.29 is 4.74 Å². The molecule has 0 radical (unpaired) electrons. The van der Waals surface area contributed by atoms with Crippen LogP contribution in [0.25, 0.3) is 11.2 Å². The van der Waals surface area contributed by atoms with E-state index in [1.165, 1.54) is 11.1 Å². The van der Waals surface area contributed by atoms with E-state index in [2.05, 4.69) is 48.1 Å². The van der Waals surface area contributed by atoms with Crippen LogP contribution >= 0.6 is 11.6 Å². The van der Waals surface area contributed by atoms with Gasteiger partial charge in [-0.25, -0.2) is 9.97 Å². The topological polar surface area (TPSA) is 68.7 Å². The van der Waals surface area contributed by atoms with Gasteiger partial charge in [-0.1, -0.05) is 47.5 Å². The maximum Gasteiger partial charge on any atom is 0.205 e. The normalized spacial score (nSPS) is 13.4. The molecule has 4 rings (SSSR count). The van der Waals surface area contributed by atoms with Gasteiger partial charge in [0.25, 0.3) is 0 Å². The van der Waals surface area contributed by atoms with E-state index in [0.717, 1.165) is 23.1 Å². The Morgan fingerprint density at radius 2 is 1.84 bits per heavy atom. The van der Waals surface area contributed by atoms with E-state index in [1.54, 1.807) is 25.6 Å². The van der Waals surface area contributed by atoms with Gasteiger partial charge in [0.05, 0.1) is 24.2 Å². The highest BCUT2D eigenvalue weighted by Crippen LogP contribution is 2.25. The monoisotopic (exact) mass is 435 g/mol. The molecule has 1 N–H and O–H groups in total. The quantitative estimate of drug-likeness (QED) is 0.427. The highest BCUT2D eigenvalue weighted by atomic mass is 35.5. The number of aryl methyl sites for hydroxylation is 1. The highest BCUT2D eigenvalue weighted by Gasteiger charge is 2.23. The molecule has 31 heavy (non-hydrogen) atoms. The third-order valence-electron chi connectivity index (χ3n) is 5.65. The number of hydrogen-bond acceptors (Lipinski definition) is 4. The molecule has 1 unspecified atom stereocenters. The molecule has 0 fully saturated rings. The van der Waals surface area contributed by atoms with Crippen LogP contribution in [0.1, 0.15) is 35.7 Å². The summed E-state index contributed by atoms with van der Waals surface area (Å²) in [6.45, 7) is 4.62. The summed E-state index contributed by atoms with van der Waals surface area (Å²) in [5.41, 5.74) is 5.46. The van der Waals surface area contributed by atoms with Crippen molar-refractivity contribution in [3.8, 4) is 0 Å². The third kappa shape index (κ3) is 4.27. The van der Waals surface area contributed by atoms with Gasteiger partial charge in [-0.2, -0.15) is 0 Å². The van der Waals surface area contributed by atoms with Crippen molar-refractivity contribution >= 4 is 22.8 Å². The van der Waals surface area contributed by atoms with E-state index in [4.69, 9.17) is 21.7 Å². The summed E-state index contributed by atoms with van der Waals surface area (Å²) < 4.78 is 9.54. The Labute approximate surface area is 186 Å². The summed E-state index contributed by atoms with van der Waals surface area (Å²) >= 11 is 5.97. The second-order valence-corrected chi connectivity index (χ2v) is 8.19. The van der Waals surface area contributed by atoms with E-state index < -0.39 is 0 Å². The van der Waals surface area contributed by atoms with Crippen molar-refractivity contribution in [2.24, 2.45) is 0 Å². The molecule has 4 aromatic rings. The molecule has 160 valence electrons. The van der Waals surface area contributed by atoms with Crippen molar-refractivity contribution in [3.05, 3.63) is 88.4 Å². The fourth-order valence-electron chi connectivity index (χ4n) is 4.03. The van der Waals surface area contributed by atoms with Crippen LogP contribution in [-0.4, -0.2) is 32.8 Å². The zero-order valence-electron chi connectivity index (χ0n) is 17.9. The molecular weight excluding hydrogens is 410 g/mol. The fraction of sp³-hybridized carbons (Fsp3) is 0.292. The molecule has 6 nitrogen and oxygen atoms in total. The number of nitrogens with one attached hydrogen (secondary N) is 1. The van der Waals surface area contributed by atoms with Crippen LogP contribution in [0.15, 0.2) is 60.9 Å². The van der Waals surface area contributed by atoms with E-state index in [-0.39, 0.29) is 12.1 Å². The van der Waals surface area contributed by atoms with Crippen molar-refractivity contribution in [3.63, 3.8) is 0 Å². The second-order valence-electron chi connectivity index (χ2n) is 7.80. The number of hydrogen-bond donors (Lipinski definition) is 1. The van der Waals surface area contributed by atoms with Gasteiger partial charge in [0.2, 0.25) is 5.62 Å². The fourth-order valence-corrected chi connectivity index (χ4v) is 4.14. The number of fused-ring (bicyclic) bond motifs is 1. The highest BCUT2D eigenvalue weighted by molar-refractivity contribution is 6.29. The predicted octanol–water partition coefficient (Wildman–Crippen LogP) is 4.71. The minimum atomic E-state index is -0.104. The number of pyridine rings is 2. The minimum absolute atomic E-state index is 0.0607. The molecule has 7 heteroatoms. The first kappa shape index (κ1) is 21.3. The van der Waals surface area contributed by atoms with Crippen molar-refractivity contribution in [1.82, 2.24) is 19.1 Å². The predicted molar refractivity (Wildman–Crippen MR) is 122 cm³/mol. The summed E-state index contributed by atoms with van der Waals surface area (Å²) in [4.78, 5) is 8.86. The SMILES string of the molecule is COC[C@H](Cc1ccc(C)cc1)n1c(=N)n(C(C)c2ccc(Cl)nc2)c2cccnc21. The third-order valence-corrected chi connectivity index (χ3v) is 5.87. The van der Waals surface area contributed by atoms with Crippen LogP contribution in [0, 0.1) is 12.3 Å². The van der Waals surface area contributed by atoms with Crippen molar-refractivity contribution in [2.45, 2.75) is 32.4 Å². The number of aromatic nitrogens is 4. The number of nitrogens with zero attached hydrogens (tertiary/aromatic N) is 4. The summed E-state index contributed by atoms with van der Waals surface area (Å²) in [5, 5.41) is 9.54. The Morgan fingerprint density at radius 1 is 1.06 bits per heavy atom. The van der Waals surface area contributed by atoms with Gasteiger partial charge in [0.1, 0.15) is 5.15 Å². The zero-order valence-corrected chi connectivity index (χ0v) is 18.7. The maximum absolute atomic E-state index is 9.09. The van der Waals surface area contributed by atoms with Gasteiger partial charge in [0.15, 0.2) is 5.65 Å². The molecule has 0 saturated carbocycles. The standard InChI is InChI=1S/C24H26ClN5O/c1-16-6-8-18(9-7-16)13-20(15-31-3)30-23-21(5-4-12-27-23)29(24(30)26)17(2)19-10-11-22(25)28-14-19/h4-12,14,17,20,26H,13,15H2,1-3H3/t17?,20-/m0/s1. The van der Waals surface area contributed by atoms with E-state index in [9.17, 15) is 0 Å². The lowest BCUT2D eigenvalue weighted by molar-refractivity contribution is 0.153. The molecule has 0 aliphatic carbocycles. The first-order valence-corrected chi connectivity index (χ1v) is 10.7. The van der Waals surface area contributed by atoms with Gasteiger partial charge in [-0.15, -0.1) is 0 Å². The molecule has 0 spiro atoms. The lowest BCUT2D eigenvalue weighted by Crippen LogP contribution is -2.32. The average molecular weight is 436 g/mol. The summed E-state index contributed by atoms with van der Waals surface area (Å²) in [5.74, 6) is 0. The van der Waals surface area contributed by atoms with Gasteiger partial charge < -0.3 is 9.30 Å². The van der Waals surface area contributed by atoms with Gasteiger partial charge >= 0.3 is 0 Å². The number of methoxy groups -OCH3 is 1. The van der Waals surface area contributed by atoms with E-state index >= 15 is 0 Å². The lowest BCUT2D eigenvalue weighted by atomic mass is 10.0.